The molecule has 1 aromatic carbocycles. The van der Waals surface area contributed by atoms with Crippen LogP contribution in [-0.4, -0.2) is 29.8 Å². The Balaban J connectivity index is 1.95. The lowest BCUT2D eigenvalue weighted by molar-refractivity contribution is -0.119. The van der Waals surface area contributed by atoms with Gasteiger partial charge in [0.2, 0.25) is 5.91 Å². The van der Waals surface area contributed by atoms with Gasteiger partial charge in [0.15, 0.2) is 0 Å². The molecule has 31 heavy (non-hydrogen) atoms. The normalized spacial score (nSPS) is 15.9. The summed E-state index contributed by atoms with van der Waals surface area (Å²) >= 11 is 1.68. The molecule has 0 spiro atoms. The molecular formula is C26H36N2O2S. The summed E-state index contributed by atoms with van der Waals surface area (Å²) in [5, 5.41) is 0. The Bertz CT molecular complexity index is 903. The van der Waals surface area contributed by atoms with E-state index in [2.05, 4.69) is 26.8 Å². The van der Waals surface area contributed by atoms with Crippen LogP contribution < -0.4 is 4.90 Å². The van der Waals surface area contributed by atoms with Gasteiger partial charge in [-0.15, -0.1) is 11.3 Å². The standard InChI is InChI=1S/C26H36N2O2S/c1-19(2)16-25(29)28-15-11-7-5-6-10-14-27(18-22-12-8-9-13-24(22)28)26(30)23-17-20(3)31-21(23)4/h8-9,12-13,17,19H,5-7,10-11,14-16,18H2,1-4H3. The fourth-order valence-electron chi connectivity index (χ4n) is 4.32. The second kappa shape index (κ2) is 10.9. The van der Waals surface area contributed by atoms with E-state index >= 15 is 0 Å². The van der Waals surface area contributed by atoms with E-state index in [-0.39, 0.29) is 11.8 Å². The van der Waals surface area contributed by atoms with Gasteiger partial charge in [-0.05, 0) is 50.3 Å². The second-order valence-electron chi connectivity index (χ2n) is 9.09. The first-order chi connectivity index (χ1) is 14.9. The maximum atomic E-state index is 13.5. The molecule has 1 aromatic heterocycles. The molecule has 0 aliphatic carbocycles. The Morgan fingerprint density at radius 2 is 1.68 bits per heavy atom. The number of thiophene rings is 1. The van der Waals surface area contributed by atoms with Crippen molar-refractivity contribution in [3.05, 3.63) is 51.2 Å². The number of hydrogen-bond acceptors (Lipinski definition) is 3. The van der Waals surface area contributed by atoms with Crippen molar-refractivity contribution in [2.24, 2.45) is 5.92 Å². The highest BCUT2D eigenvalue weighted by Gasteiger charge is 2.24. The van der Waals surface area contributed by atoms with E-state index in [0.29, 0.717) is 18.9 Å². The molecule has 0 radical (unpaired) electrons. The number of carbonyl (C=O) groups is 2. The van der Waals surface area contributed by atoms with Crippen molar-refractivity contribution in [1.82, 2.24) is 4.90 Å². The van der Waals surface area contributed by atoms with E-state index in [1.807, 2.05) is 41.0 Å². The van der Waals surface area contributed by atoms with Gasteiger partial charge >= 0.3 is 0 Å². The minimum absolute atomic E-state index is 0.105. The Kier molecular flexibility index (Phi) is 8.30. The highest BCUT2D eigenvalue weighted by Crippen LogP contribution is 2.28. The maximum absolute atomic E-state index is 13.5. The number of carbonyl (C=O) groups excluding carboxylic acids is 2. The van der Waals surface area contributed by atoms with Crippen LogP contribution in [0.5, 0.6) is 0 Å². The number of para-hydroxylation sites is 1. The first-order valence-electron chi connectivity index (χ1n) is 11.6. The van der Waals surface area contributed by atoms with Gasteiger partial charge in [-0.1, -0.05) is 51.3 Å². The molecule has 2 amide bonds. The molecule has 2 heterocycles. The number of nitrogens with zero attached hydrogens (tertiary/aromatic N) is 2. The highest BCUT2D eigenvalue weighted by molar-refractivity contribution is 7.12. The number of benzene rings is 1. The van der Waals surface area contributed by atoms with E-state index in [1.165, 1.54) is 4.88 Å². The first kappa shape index (κ1) is 23.5. The lowest BCUT2D eigenvalue weighted by Crippen LogP contribution is -2.36. The summed E-state index contributed by atoms with van der Waals surface area (Å²) in [4.78, 5) is 32.8. The van der Waals surface area contributed by atoms with Crippen LogP contribution in [0, 0.1) is 19.8 Å². The van der Waals surface area contributed by atoms with Crippen molar-refractivity contribution in [3.63, 3.8) is 0 Å². The molecule has 3 rings (SSSR count). The minimum atomic E-state index is 0.105. The average Bonchev–Trinajstić information content (AvgIpc) is 3.05. The number of fused-ring (bicyclic) bond motifs is 1. The molecule has 4 nitrogen and oxygen atoms in total. The third-order valence-corrected chi connectivity index (χ3v) is 6.86. The van der Waals surface area contributed by atoms with Gasteiger partial charge in [-0.25, -0.2) is 0 Å². The lowest BCUT2D eigenvalue weighted by Gasteiger charge is -2.30. The van der Waals surface area contributed by atoms with Crippen molar-refractivity contribution in [3.8, 4) is 0 Å². The van der Waals surface area contributed by atoms with Crippen molar-refractivity contribution in [2.75, 3.05) is 18.0 Å². The van der Waals surface area contributed by atoms with Crippen LogP contribution in [0.2, 0.25) is 0 Å². The predicted octanol–water partition coefficient (Wildman–Crippen LogP) is 6.35. The second-order valence-corrected chi connectivity index (χ2v) is 10.6. The first-order valence-corrected chi connectivity index (χ1v) is 12.4. The van der Waals surface area contributed by atoms with E-state index in [4.69, 9.17) is 0 Å². The van der Waals surface area contributed by atoms with Crippen LogP contribution in [-0.2, 0) is 11.3 Å². The van der Waals surface area contributed by atoms with Gasteiger partial charge in [0, 0.05) is 41.5 Å². The van der Waals surface area contributed by atoms with E-state index in [1.54, 1.807) is 11.3 Å². The van der Waals surface area contributed by atoms with Crippen molar-refractivity contribution in [2.45, 2.75) is 72.8 Å². The summed E-state index contributed by atoms with van der Waals surface area (Å²) in [7, 11) is 0. The zero-order valence-corrected chi connectivity index (χ0v) is 20.3. The SMILES string of the molecule is Cc1cc(C(=O)N2CCCCCCCN(C(=O)CC(C)C)c3ccccc3C2)c(C)s1. The number of amides is 2. The molecular weight excluding hydrogens is 404 g/mol. The van der Waals surface area contributed by atoms with Crippen LogP contribution in [0.3, 0.4) is 0 Å². The van der Waals surface area contributed by atoms with Crippen LogP contribution in [0.1, 0.15) is 78.0 Å². The summed E-state index contributed by atoms with van der Waals surface area (Å²) in [5.74, 6) is 0.611. The van der Waals surface area contributed by atoms with Gasteiger partial charge < -0.3 is 9.80 Å². The molecule has 0 fully saturated rings. The van der Waals surface area contributed by atoms with Crippen LogP contribution in [0.25, 0.3) is 0 Å². The van der Waals surface area contributed by atoms with Gasteiger partial charge in [0.25, 0.3) is 5.91 Å². The van der Waals surface area contributed by atoms with Crippen molar-refractivity contribution < 1.29 is 9.59 Å². The molecule has 0 N–H and O–H groups in total. The number of anilines is 1. The maximum Gasteiger partial charge on any atom is 0.255 e. The zero-order valence-electron chi connectivity index (χ0n) is 19.4. The monoisotopic (exact) mass is 440 g/mol. The fourth-order valence-corrected chi connectivity index (χ4v) is 5.24. The molecule has 1 aliphatic rings. The molecule has 0 unspecified atom stereocenters. The van der Waals surface area contributed by atoms with Crippen LogP contribution in [0.15, 0.2) is 30.3 Å². The van der Waals surface area contributed by atoms with Crippen molar-refractivity contribution in [1.29, 1.82) is 0 Å². The van der Waals surface area contributed by atoms with Gasteiger partial charge in [0.1, 0.15) is 0 Å². The van der Waals surface area contributed by atoms with E-state index < -0.39 is 0 Å². The predicted molar refractivity (Wildman–Crippen MR) is 130 cm³/mol. The Hall–Kier alpha value is -2.14. The minimum Gasteiger partial charge on any atom is -0.334 e. The number of hydrogen-bond donors (Lipinski definition) is 0. The fraction of sp³-hybridized carbons (Fsp3) is 0.538. The lowest BCUT2D eigenvalue weighted by atomic mass is 10.0. The molecule has 0 saturated carbocycles. The van der Waals surface area contributed by atoms with Crippen LogP contribution in [0.4, 0.5) is 5.69 Å². The third kappa shape index (κ3) is 6.19. The Morgan fingerprint density at radius 1 is 1.00 bits per heavy atom. The summed E-state index contributed by atoms with van der Waals surface area (Å²) in [6.07, 6.45) is 5.97. The Morgan fingerprint density at radius 3 is 2.35 bits per heavy atom. The van der Waals surface area contributed by atoms with E-state index in [9.17, 15) is 9.59 Å². The zero-order chi connectivity index (χ0) is 22.4. The molecule has 5 heteroatoms. The summed E-state index contributed by atoms with van der Waals surface area (Å²) in [6.45, 7) is 10.3. The molecule has 2 aromatic rings. The largest absolute Gasteiger partial charge is 0.334 e. The summed E-state index contributed by atoms with van der Waals surface area (Å²) in [6, 6.07) is 10.1. The number of aryl methyl sites for hydroxylation is 2. The number of rotatable bonds is 3. The Labute approximate surface area is 191 Å². The average molecular weight is 441 g/mol. The van der Waals surface area contributed by atoms with Gasteiger partial charge in [-0.2, -0.15) is 0 Å². The molecule has 0 atom stereocenters. The van der Waals surface area contributed by atoms with E-state index in [0.717, 1.165) is 66.9 Å². The molecule has 1 aliphatic heterocycles. The van der Waals surface area contributed by atoms with Crippen molar-refractivity contribution >= 4 is 28.8 Å². The molecule has 0 bridgehead atoms. The third-order valence-electron chi connectivity index (χ3n) is 5.90. The smallest absolute Gasteiger partial charge is 0.255 e. The van der Waals surface area contributed by atoms with Gasteiger partial charge in [0.05, 0.1) is 5.56 Å². The molecule has 0 saturated heterocycles. The topological polar surface area (TPSA) is 40.6 Å². The quantitative estimate of drug-likeness (QED) is 0.558. The highest BCUT2D eigenvalue weighted by atomic mass is 32.1. The summed E-state index contributed by atoms with van der Waals surface area (Å²) < 4.78 is 0. The summed E-state index contributed by atoms with van der Waals surface area (Å²) in [5.41, 5.74) is 2.84. The van der Waals surface area contributed by atoms with Gasteiger partial charge in [-0.3, -0.25) is 9.59 Å². The molecule has 168 valence electrons. The van der Waals surface area contributed by atoms with Crippen LogP contribution >= 0.6 is 11.3 Å².